The van der Waals surface area contributed by atoms with Gasteiger partial charge >= 0.3 is 5.97 Å². The van der Waals surface area contributed by atoms with E-state index in [0.29, 0.717) is 0 Å². The standard InChI is InChI=1S/C11H11NO4/c1-14-11(13)10-9(12-10)6-2-3-7-8(4-6)16-5-15-7/h2-4,9-10,12H,5H2,1H3/t9-,10-/m1/s1. The van der Waals surface area contributed by atoms with Crippen molar-refractivity contribution in [2.75, 3.05) is 13.9 Å². The number of hydrogen-bond donors (Lipinski definition) is 1. The fourth-order valence-corrected chi connectivity index (χ4v) is 1.86. The summed E-state index contributed by atoms with van der Waals surface area (Å²) in [6, 6.07) is 5.47. The molecule has 1 N–H and O–H groups in total. The van der Waals surface area contributed by atoms with Crippen molar-refractivity contribution in [2.45, 2.75) is 12.1 Å². The molecule has 5 nitrogen and oxygen atoms in total. The Balaban J connectivity index is 1.80. The van der Waals surface area contributed by atoms with Crippen molar-refractivity contribution in [3.8, 4) is 11.5 Å². The highest BCUT2D eigenvalue weighted by molar-refractivity contribution is 5.80. The average molecular weight is 221 g/mol. The predicted molar refractivity (Wildman–Crippen MR) is 54.2 cm³/mol. The maximum atomic E-state index is 11.3. The summed E-state index contributed by atoms with van der Waals surface area (Å²) in [5.74, 6) is 1.25. The minimum atomic E-state index is -0.234. The molecule has 0 radical (unpaired) electrons. The second-order valence-corrected chi connectivity index (χ2v) is 3.76. The number of carbonyl (C=O) groups excluding carboxylic acids is 1. The third-order valence-corrected chi connectivity index (χ3v) is 2.79. The summed E-state index contributed by atoms with van der Waals surface area (Å²) in [6.45, 7) is 0.261. The van der Waals surface area contributed by atoms with Gasteiger partial charge in [0.2, 0.25) is 6.79 Å². The molecule has 0 aliphatic carbocycles. The molecule has 5 heteroatoms. The van der Waals surface area contributed by atoms with E-state index in [1.165, 1.54) is 7.11 Å². The van der Waals surface area contributed by atoms with E-state index in [9.17, 15) is 4.79 Å². The number of esters is 1. The van der Waals surface area contributed by atoms with Crippen LogP contribution in [0.1, 0.15) is 11.6 Å². The van der Waals surface area contributed by atoms with Gasteiger partial charge in [-0.3, -0.25) is 10.1 Å². The lowest BCUT2D eigenvalue weighted by atomic mass is 10.1. The van der Waals surface area contributed by atoms with Gasteiger partial charge in [-0.05, 0) is 17.7 Å². The van der Waals surface area contributed by atoms with E-state index >= 15 is 0 Å². The molecule has 0 unspecified atom stereocenters. The van der Waals surface area contributed by atoms with Gasteiger partial charge < -0.3 is 14.2 Å². The topological polar surface area (TPSA) is 66.7 Å². The van der Waals surface area contributed by atoms with Crippen molar-refractivity contribution in [3.63, 3.8) is 0 Å². The lowest BCUT2D eigenvalue weighted by Gasteiger charge is -2.00. The highest BCUT2D eigenvalue weighted by atomic mass is 16.7. The van der Waals surface area contributed by atoms with Crippen LogP contribution < -0.4 is 14.8 Å². The van der Waals surface area contributed by atoms with Crippen molar-refractivity contribution in [1.29, 1.82) is 0 Å². The Morgan fingerprint density at radius 3 is 3.06 bits per heavy atom. The zero-order valence-electron chi connectivity index (χ0n) is 8.73. The number of rotatable bonds is 2. The van der Waals surface area contributed by atoms with Gasteiger partial charge in [0.1, 0.15) is 6.04 Å². The van der Waals surface area contributed by atoms with E-state index in [2.05, 4.69) is 10.1 Å². The number of benzene rings is 1. The van der Waals surface area contributed by atoms with Crippen LogP contribution in [0.15, 0.2) is 18.2 Å². The number of methoxy groups -OCH3 is 1. The second kappa shape index (κ2) is 3.38. The normalized spacial score (nSPS) is 25.3. The lowest BCUT2D eigenvalue weighted by Crippen LogP contribution is -2.11. The van der Waals surface area contributed by atoms with Crippen LogP contribution in [0.5, 0.6) is 11.5 Å². The Kier molecular flexibility index (Phi) is 2.00. The number of ether oxygens (including phenoxy) is 3. The Morgan fingerprint density at radius 1 is 1.44 bits per heavy atom. The maximum Gasteiger partial charge on any atom is 0.324 e. The molecule has 0 bridgehead atoms. The van der Waals surface area contributed by atoms with Crippen LogP contribution in [-0.2, 0) is 9.53 Å². The van der Waals surface area contributed by atoms with Crippen LogP contribution in [0.25, 0.3) is 0 Å². The Bertz CT molecular complexity index is 446. The summed E-state index contributed by atoms with van der Waals surface area (Å²) in [5, 5.41) is 3.06. The van der Waals surface area contributed by atoms with Gasteiger partial charge in [0, 0.05) is 0 Å². The molecule has 0 saturated carbocycles. The summed E-state index contributed by atoms with van der Waals surface area (Å²) >= 11 is 0. The molecule has 0 aromatic heterocycles. The summed E-state index contributed by atoms with van der Waals surface area (Å²) in [5.41, 5.74) is 1.01. The first-order chi connectivity index (χ1) is 7.79. The Labute approximate surface area is 92.3 Å². The fourth-order valence-electron chi connectivity index (χ4n) is 1.86. The van der Waals surface area contributed by atoms with Crippen molar-refractivity contribution < 1.29 is 19.0 Å². The first-order valence-electron chi connectivity index (χ1n) is 5.03. The van der Waals surface area contributed by atoms with Gasteiger partial charge in [0.05, 0.1) is 13.2 Å². The fraction of sp³-hybridized carbons (Fsp3) is 0.364. The highest BCUT2D eigenvalue weighted by Crippen LogP contribution is 2.38. The van der Waals surface area contributed by atoms with Crippen LogP contribution >= 0.6 is 0 Å². The largest absolute Gasteiger partial charge is 0.468 e. The lowest BCUT2D eigenvalue weighted by molar-refractivity contribution is -0.140. The van der Waals surface area contributed by atoms with Crippen molar-refractivity contribution in [1.82, 2.24) is 5.32 Å². The minimum absolute atomic E-state index is 0.0296. The van der Waals surface area contributed by atoms with Crippen LogP contribution in [0.2, 0.25) is 0 Å². The molecule has 1 aromatic rings. The van der Waals surface area contributed by atoms with Crippen molar-refractivity contribution >= 4 is 5.97 Å². The molecule has 1 fully saturated rings. The maximum absolute atomic E-state index is 11.3. The monoisotopic (exact) mass is 221 g/mol. The summed E-state index contributed by atoms with van der Waals surface area (Å²) in [7, 11) is 1.39. The molecule has 1 saturated heterocycles. The van der Waals surface area contributed by atoms with E-state index in [4.69, 9.17) is 9.47 Å². The Hall–Kier alpha value is -1.75. The van der Waals surface area contributed by atoms with Crippen LogP contribution in [0.4, 0.5) is 0 Å². The second-order valence-electron chi connectivity index (χ2n) is 3.76. The van der Waals surface area contributed by atoms with Gasteiger partial charge in [0.15, 0.2) is 11.5 Å². The SMILES string of the molecule is COC(=O)[C@@H]1N[C@@H]1c1ccc2c(c1)OCO2. The molecule has 84 valence electrons. The Morgan fingerprint density at radius 2 is 2.25 bits per heavy atom. The first-order valence-corrected chi connectivity index (χ1v) is 5.03. The molecular weight excluding hydrogens is 210 g/mol. The smallest absolute Gasteiger partial charge is 0.324 e. The van der Waals surface area contributed by atoms with Gasteiger partial charge in [0.25, 0.3) is 0 Å². The average Bonchev–Trinajstić information content (AvgIpc) is 2.98. The van der Waals surface area contributed by atoms with E-state index in [-0.39, 0.29) is 24.8 Å². The molecule has 16 heavy (non-hydrogen) atoms. The molecule has 0 spiro atoms. The van der Waals surface area contributed by atoms with Crippen LogP contribution in [-0.4, -0.2) is 25.9 Å². The number of carbonyl (C=O) groups is 1. The molecule has 2 aliphatic rings. The van der Waals surface area contributed by atoms with Gasteiger partial charge in [-0.25, -0.2) is 0 Å². The summed E-state index contributed by atoms with van der Waals surface area (Å²) in [6.07, 6.45) is 0. The zero-order chi connectivity index (χ0) is 11.1. The molecule has 2 atom stereocenters. The summed E-state index contributed by atoms with van der Waals surface area (Å²) in [4.78, 5) is 11.3. The zero-order valence-corrected chi connectivity index (χ0v) is 8.73. The van der Waals surface area contributed by atoms with Gasteiger partial charge in [-0.15, -0.1) is 0 Å². The van der Waals surface area contributed by atoms with Gasteiger partial charge in [-0.1, -0.05) is 6.07 Å². The van der Waals surface area contributed by atoms with E-state index in [1.54, 1.807) is 0 Å². The van der Waals surface area contributed by atoms with Crippen LogP contribution in [0, 0.1) is 0 Å². The van der Waals surface area contributed by atoms with Crippen LogP contribution in [0.3, 0.4) is 0 Å². The van der Waals surface area contributed by atoms with Gasteiger partial charge in [-0.2, -0.15) is 0 Å². The highest BCUT2D eigenvalue weighted by Gasteiger charge is 2.44. The minimum Gasteiger partial charge on any atom is -0.468 e. The molecule has 0 amide bonds. The first kappa shape index (κ1) is 9.47. The number of hydrogen-bond acceptors (Lipinski definition) is 5. The van der Waals surface area contributed by atoms with E-state index < -0.39 is 0 Å². The van der Waals surface area contributed by atoms with E-state index in [0.717, 1.165) is 17.1 Å². The number of fused-ring (bicyclic) bond motifs is 1. The quantitative estimate of drug-likeness (QED) is 0.585. The molecule has 1 aromatic carbocycles. The molecule has 3 rings (SSSR count). The third-order valence-electron chi connectivity index (χ3n) is 2.79. The summed E-state index contributed by atoms with van der Waals surface area (Å²) < 4.78 is 15.1. The molecule has 2 aliphatic heterocycles. The number of nitrogens with one attached hydrogen (secondary N) is 1. The van der Waals surface area contributed by atoms with Crippen molar-refractivity contribution in [3.05, 3.63) is 23.8 Å². The third kappa shape index (κ3) is 1.40. The van der Waals surface area contributed by atoms with E-state index in [1.807, 2.05) is 18.2 Å². The predicted octanol–water partition coefficient (Wildman–Crippen LogP) is 0.601. The molecular formula is C11H11NO4. The van der Waals surface area contributed by atoms with Crippen molar-refractivity contribution in [2.24, 2.45) is 0 Å². The molecule has 2 heterocycles.